The van der Waals surface area contributed by atoms with Crippen LogP contribution >= 0.6 is 0 Å². The van der Waals surface area contributed by atoms with E-state index in [2.05, 4.69) is 0 Å². The fourth-order valence-corrected chi connectivity index (χ4v) is 0.827. The van der Waals surface area contributed by atoms with Crippen LogP contribution in [0.1, 0.15) is 0 Å². The SMILES string of the molecule is [O-]B([O-])OC(C(F)(F)F)(C(F)(F)F)C(F)(F)F. The maximum absolute atomic E-state index is 11.9. The van der Waals surface area contributed by atoms with E-state index >= 15 is 0 Å². The molecule has 0 amide bonds. The maximum Gasteiger partial charge on any atom is 0.434 e. The lowest BCUT2D eigenvalue weighted by Gasteiger charge is -2.44. The lowest BCUT2D eigenvalue weighted by Crippen LogP contribution is -2.72. The molecule has 0 aliphatic rings. The van der Waals surface area contributed by atoms with Gasteiger partial charge in [-0.05, 0) is 0 Å². The van der Waals surface area contributed by atoms with E-state index in [9.17, 15) is 49.6 Å². The summed E-state index contributed by atoms with van der Waals surface area (Å²) < 4.78 is 109. The first kappa shape index (κ1) is 16.3. The summed E-state index contributed by atoms with van der Waals surface area (Å²) in [6, 6.07) is 0. The minimum absolute atomic E-state index is 2.05. The van der Waals surface area contributed by atoms with E-state index in [4.69, 9.17) is 0 Å². The van der Waals surface area contributed by atoms with Crippen LogP contribution in [0.4, 0.5) is 39.5 Å². The smallest absolute Gasteiger partial charge is 0.434 e. The van der Waals surface area contributed by atoms with E-state index in [1.165, 1.54) is 0 Å². The van der Waals surface area contributed by atoms with Gasteiger partial charge in [0.15, 0.2) is 0 Å². The third kappa shape index (κ3) is 2.77. The van der Waals surface area contributed by atoms with E-state index in [0.717, 1.165) is 0 Å². The van der Waals surface area contributed by atoms with Crippen molar-refractivity contribution >= 4 is 7.32 Å². The Morgan fingerprint density at radius 1 is 0.647 bits per heavy atom. The van der Waals surface area contributed by atoms with Gasteiger partial charge in [-0.25, -0.2) is 0 Å². The van der Waals surface area contributed by atoms with Crippen LogP contribution in [0.2, 0.25) is 0 Å². The molecule has 0 aliphatic heterocycles. The van der Waals surface area contributed by atoms with Crippen molar-refractivity contribution in [3.05, 3.63) is 0 Å². The highest BCUT2D eigenvalue weighted by molar-refractivity contribution is 6.28. The zero-order chi connectivity index (χ0) is 14.3. The number of halogens is 9. The van der Waals surface area contributed by atoms with E-state index in [1.54, 1.807) is 0 Å². The molecule has 0 aromatic heterocycles. The molecular formula is C4BF9O3-2. The van der Waals surface area contributed by atoms with E-state index < -0.39 is 31.5 Å². The molecule has 102 valence electrons. The molecule has 0 saturated carbocycles. The van der Waals surface area contributed by atoms with Crippen molar-refractivity contribution < 1.29 is 54.2 Å². The van der Waals surface area contributed by atoms with Crippen LogP contribution in [-0.4, -0.2) is 31.5 Å². The van der Waals surface area contributed by atoms with Crippen molar-refractivity contribution in [2.24, 2.45) is 0 Å². The molecular weight excluding hydrogens is 278 g/mol. The summed E-state index contributed by atoms with van der Waals surface area (Å²) in [4.78, 5) is 0. The van der Waals surface area contributed by atoms with Crippen molar-refractivity contribution in [1.29, 1.82) is 0 Å². The summed E-state index contributed by atoms with van der Waals surface area (Å²) >= 11 is 0. The Morgan fingerprint density at radius 2 is 0.882 bits per heavy atom. The van der Waals surface area contributed by atoms with Gasteiger partial charge in [0.1, 0.15) is 0 Å². The molecule has 0 aliphatic carbocycles. The lowest BCUT2D eigenvalue weighted by atomic mass is 9.99. The van der Waals surface area contributed by atoms with Gasteiger partial charge in [-0.2, -0.15) is 39.5 Å². The van der Waals surface area contributed by atoms with Gasteiger partial charge in [-0.1, -0.05) is 0 Å². The molecule has 3 nitrogen and oxygen atoms in total. The number of hydrogen-bond donors (Lipinski definition) is 0. The molecule has 0 aromatic rings. The lowest BCUT2D eigenvalue weighted by molar-refractivity contribution is -0.477. The van der Waals surface area contributed by atoms with Crippen LogP contribution in [0.5, 0.6) is 0 Å². The molecule has 0 spiro atoms. The molecule has 0 heterocycles. The first-order valence-corrected chi connectivity index (χ1v) is 3.36. The summed E-state index contributed by atoms with van der Waals surface area (Å²) in [5.41, 5.74) is -6.79. The summed E-state index contributed by atoms with van der Waals surface area (Å²) in [6.45, 7) is 0. The van der Waals surface area contributed by atoms with Gasteiger partial charge in [0.25, 0.3) is 0 Å². The van der Waals surface area contributed by atoms with Gasteiger partial charge in [0, 0.05) is 0 Å². The topological polar surface area (TPSA) is 55.3 Å². The molecule has 0 unspecified atom stereocenters. The highest BCUT2D eigenvalue weighted by Crippen LogP contribution is 2.54. The Morgan fingerprint density at radius 3 is 0.941 bits per heavy atom. The van der Waals surface area contributed by atoms with Gasteiger partial charge >= 0.3 is 24.1 Å². The Hall–Kier alpha value is -0.685. The molecule has 0 aromatic carbocycles. The fraction of sp³-hybridized carbons (Fsp3) is 1.00. The summed E-state index contributed by atoms with van der Waals surface area (Å²) in [5.74, 6) is 0. The van der Waals surface area contributed by atoms with Gasteiger partial charge in [0.2, 0.25) is 0 Å². The molecule has 0 rings (SSSR count). The number of rotatable bonds is 2. The predicted molar refractivity (Wildman–Crippen MR) is 27.7 cm³/mol. The third-order valence-corrected chi connectivity index (χ3v) is 1.47. The molecule has 0 radical (unpaired) electrons. The first-order chi connectivity index (χ1) is 7.17. The molecule has 13 heteroatoms. The second-order valence-corrected chi connectivity index (χ2v) is 2.58. The fourth-order valence-electron chi connectivity index (χ4n) is 0.827. The van der Waals surface area contributed by atoms with Crippen molar-refractivity contribution in [3.63, 3.8) is 0 Å². The van der Waals surface area contributed by atoms with Crippen LogP contribution < -0.4 is 10.0 Å². The Kier molecular flexibility index (Phi) is 4.04. The summed E-state index contributed by atoms with van der Waals surface area (Å²) in [7, 11) is -4.42. The minimum atomic E-state index is -7.06. The minimum Gasteiger partial charge on any atom is -0.871 e. The monoisotopic (exact) mass is 278 g/mol. The maximum atomic E-state index is 11.9. The summed E-state index contributed by atoms with van der Waals surface area (Å²) in [5, 5.41) is 19.2. The van der Waals surface area contributed by atoms with Crippen molar-refractivity contribution in [2.75, 3.05) is 0 Å². The summed E-state index contributed by atoms with van der Waals surface area (Å²) in [6.07, 6.45) is -21.2. The Bertz CT molecular complexity index is 229. The van der Waals surface area contributed by atoms with Crippen molar-refractivity contribution in [2.45, 2.75) is 24.1 Å². The highest BCUT2D eigenvalue weighted by atomic mass is 19.4. The van der Waals surface area contributed by atoms with Crippen LogP contribution in [-0.2, 0) is 4.65 Å². The zero-order valence-electron chi connectivity index (χ0n) is 7.20. The number of hydrogen-bond acceptors (Lipinski definition) is 3. The van der Waals surface area contributed by atoms with Crippen molar-refractivity contribution in [1.82, 2.24) is 0 Å². The largest absolute Gasteiger partial charge is 0.871 e. The Balaban J connectivity index is 5.93. The van der Waals surface area contributed by atoms with Crippen LogP contribution in [0.3, 0.4) is 0 Å². The van der Waals surface area contributed by atoms with Crippen LogP contribution in [0, 0.1) is 0 Å². The second kappa shape index (κ2) is 4.21. The van der Waals surface area contributed by atoms with Crippen molar-refractivity contribution in [3.8, 4) is 0 Å². The quantitative estimate of drug-likeness (QED) is 0.533. The van der Waals surface area contributed by atoms with E-state index in [-0.39, 0.29) is 0 Å². The van der Waals surface area contributed by atoms with Crippen LogP contribution in [0.25, 0.3) is 0 Å². The zero-order valence-corrected chi connectivity index (χ0v) is 7.20. The van der Waals surface area contributed by atoms with Gasteiger partial charge in [0.05, 0.1) is 7.32 Å². The normalized spacial score (nSPS) is 15.0. The highest BCUT2D eigenvalue weighted by Gasteiger charge is 2.84. The molecule has 0 N–H and O–H groups in total. The van der Waals surface area contributed by atoms with Gasteiger partial charge in [-0.15, -0.1) is 0 Å². The van der Waals surface area contributed by atoms with Gasteiger partial charge < -0.3 is 14.7 Å². The molecule has 0 bridgehead atoms. The molecule has 0 atom stereocenters. The van der Waals surface area contributed by atoms with Crippen LogP contribution in [0.15, 0.2) is 0 Å². The third-order valence-electron chi connectivity index (χ3n) is 1.47. The average molecular weight is 278 g/mol. The average Bonchev–Trinajstić information content (AvgIpc) is 1.91. The first-order valence-electron chi connectivity index (χ1n) is 3.36. The second-order valence-electron chi connectivity index (χ2n) is 2.58. The van der Waals surface area contributed by atoms with E-state index in [0.29, 0.717) is 0 Å². The molecule has 0 saturated heterocycles. The van der Waals surface area contributed by atoms with Gasteiger partial charge in [-0.3, -0.25) is 0 Å². The standard InChI is InChI=1S/C4BF9O3/c6-2(7,8)1(3(9,10)11,4(12,13)14)17-5(15)16/q-2. The van der Waals surface area contributed by atoms with E-state index in [1.807, 2.05) is 4.65 Å². The Labute approximate surface area is 87.0 Å². The predicted octanol–water partition coefficient (Wildman–Crippen LogP) is 0.134. The number of alkyl halides is 9. The molecule has 0 fully saturated rings. The molecule has 17 heavy (non-hydrogen) atoms.